The summed E-state index contributed by atoms with van der Waals surface area (Å²) >= 11 is 0. The highest BCUT2D eigenvalue weighted by atomic mass is 16.3. The Morgan fingerprint density at radius 1 is 0.810 bits per heavy atom. The van der Waals surface area contributed by atoms with Crippen molar-refractivity contribution in [1.29, 1.82) is 0 Å². The lowest BCUT2D eigenvalue weighted by Gasteiger charge is -2.22. The van der Waals surface area contributed by atoms with E-state index in [1.165, 1.54) is 51.6 Å². The van der Waals surface area contributed by atoms with E-state index >= 15 is 0 Å². The summed E-state index contributed by atoms with van der Waals surface area (Å²) < 4.78 is 0. The van der Waals surface area contributed by atoms with Gasteiger partial charge in [0.2, 0.25) is 0 Å². The zero-order valence-corrected chi connectivity index (χ0v) is 13.6. The van der Waals surface area contributed by atoms with Gasteiger partial charge in [0.05, 0.1) is 0 Å². The Balaban J connectivity index is 2.43. The van der Waals surface area contributed by atoms with Crippen molar-refractivity contribution >= 4 is 0 Å². The van der Waals surface area contributed by atoms with E-state index in [0.29, 0.717) is 0 Å². The van der Waals surface area contributed by atoms with Gasteiger partial charge in [0.1, 0.15) is 0 Å². The minimum Gasteiger partial charge on any atom is -0.504 e. The average Bonchev–Trinajstić information content (AvgIpc) is 2.48. The van der Waals surface area contributed by atoms with Gasteiger partial charge in [-0.05, 0) is 50.0 Å². The maximum atomic E-state index is 9.55. The molecule has 3 nitrogen and oxygen atoms in total. The molecule has 0 aliphatic carbocycles. The SMILES string of the molecule is CCCCCN(CCCCC)CCc1ccc(O)c(O)c1. The monoisotopic (exact) mass is 293 g/mol. The smallest absolute Gasteiger partial charge is 0.157 e. The van der Waals surface area contributed by atoms with Crippen LogP contribution in [0.5, 0.6) is 11.5 Å². The van der Waals surface area contributed by atoms with Gasteiger partial charge in [-0.1, -0.05) is 45.6 Å². The van der Waals surface area contributed by atoms with Crippen molar-refractivity contribution < 1.29 is 10.2 Å². The first kappa shape index (κ1) is 17.8. The minimum atomic E-state index is -0.0403. The third-order valence-electron chi connectivity index (χ3n) is 3.91. The van der Waals surface area contributed by atoms with Crippen LogP contribution in [0.25, 0.3) is 0 Å². The molecule has 0 heterocycles. The number of hydrogen-bond acceptors (Lipinski definition) is 3. The molecule has 0 amide bonds. The third kappa shape index (κ3) is 7.37. The Hall–Kier alpha value is -1.22. The topological polar surface area (TPSA) is 43.7 Å². The van der Waals surface area contributed by atoms with Crippen LogP contribution in [-0.2, 0) is 6.42 Å². The summed E-state index contributed by atoms with van der Waals surface area (Å²) in [5, 5.41) is 18.9. The van der Waals surface area contributed by atoms with Crippen LogP contribution in [0.3, 0.4) is 0 Å². The molecule has 0 aliphatic rings. The fraction of sp³-hybridized carbons (Fsp3) is 0.667. The summed E-state index contributed by atoms with van der Waals surface area (Å²) in [7, 11) is 0. The molecule has 0 radical (unpaired) electrons. The second-order valence-corrected chi connectivity index (χ2v) is 5.83. The molecule has 0 atom stereocenters. The predicted molar refractivity (Wildman–Crippen MR) is 89.0 cm³/mol. The van der Waals surface area contributed by atoms with Crippen molar-refractivity contribution in [3.8, 4) is 11.5 Å². The molecule has 1 aromatic carbocycles. The molecular weight excluding hydrogens is 262 g/mol. The molecule has 120 valence electrons. The van der Waals surface area contributed by atoms with Crippen LogP contribution in [0.2, 0.25) is 0 Å². The molecule has 0 spiro atoms. The lowest BCUT2D eigenvalue weighted by atomic mass is 10.1. The first-order chi connectivity index (χ1) is 10.2. The molecule has 0 bridgehead atoms. The Bertz CT molecular complexity index is 383. The van der Waals surface area contributed by atoms with Crippen LogP contribution in [0.1, 0.15) is 57.9 Å². The van der Waals surface area contributed by atoms with Gasteiger partial charge in [-0.2, -0.15) is 0 Å². The largest absolute Gasteiger partial charge is 0.504 e. The second kappa shape index (κ2) is 10.5. The van der Waals surface area contributed by atoms with Crippen molar-refractivity contribution in [2.45, 2.75) is 58.8 Å². The summed E-state index contributed by atoms with van der Waals surface area (Å²) in [4.78, 5) is 2.54. The van der Waals surface area contributed by atoms with Gasteiger partial charge in [0.25, 0.3) is 0 Å². The van der Waals surface area contributed by atoms with Crippen LogP contribution in [-0.4, -0.2) is 34.7 Å². The number of hydrogen-bond donors (Lipinski definition) is 2. The lowest BCUT2D eigenvalue weighted by Crippen LogP contribution is -2.28. The van der Waals surface area contributed by atoms with Gasteiger partial charge in [-0.3, -0.25) is 0 Å². The summed E-state index contributed by atoms with van der Waals surface area (Å²) in [5.74, 6) is -0.0579. The molecule has 0 aliphatic heterocycles. The van der Waals surface area contributed by atoms with Crippen molar-refractivity contribution in [3.63, 3.8) is 0 Å². The van der Waals surface area contributed by atoms with Crippen LogP contribution in [0.15, 0.2) is 18.2 Å². The molecular formula is C18H31NO2. The van der Waals surface area contributed by atoms with Crippen molar-refractivity contribution in [1.82, 2.24) is 4.90 Å². The van der Waals surface area contributed by atoms with Gasteiger partial charge in [0, 0.05) is 6.54 Å². The number of unbranched alkanes of at least 4 members (excludes halogenated alkanes) is 4. The number of aromatic hydroxyl groups is 2. The molecule has 3 heteroatoms. The standard InChI is InChI=1S/C18H31NO2/c1-3-5-7-12-19(13-8-6-4-2)14-11-16-9-10-17(20)18(21)15-16/h9-10,15,20-21H,3-8,11-14H2,1-2H3. The second-order valence-electron chi connectivity index (χ2n) is 5.83. The molecule has 0 saturated heterocycles. The van der Waals surface area contributed by atoms with Crippen LogP contribution >= 0.6 is 0 Å². The molecule has 21 heavy (non-hydrogen) atoms. The first-order valence-corrected chi connectivity index (χ1v) is 8.40. The molecule has 0 unspecified atom stereocenters. The number of benzene rings is 1. The van der Waals surface area contributed by atoms with Crippen LogP contribution in [0, 0.1) is 0 Å². The van der Waals surface area contributed by atoms with E-state index in [9.17, 15) is 10.2 Å². The van der Waals surface area contributed by atoms with Crippen LogP contribution < -0.4 is 0 Å². The third-order valence-corrected chi connectivity index (χ3v) is 3.91. The van der Waals surface area contributed by atoms with E-state index in [0.717, 1.165) is 18.5 Å². The Morgan fingerprint density at radius 3 is 1.95 bits per heavy atom. The summed E-state index contributed by atoms with van der Waals surface area (Å²) in [6.07, 6.45) is 8.57. The zero-order valence-electron chi connectivity index (χ0n) is 13.6. The highest BCUT2D eigenvalue weighted by Crippen LogP contribution is 2.25. The Labute approximate surface area is 129 Å². The fourth-order valence-electron chi connectivity index (χ4n) is 2.52. The predicted octanol–water partition coefficient (Wildman–Crippen LogP) is 4.32. The molecule has 1 aromatic rings. The van der Waals surface area contributed by atoms with Gasteiger partial charge < -0.3 is 15.1 Å². The molecule has 0 aromatic heterocycles. The average molecular weight is 293 g/mol. The van der Waals surface area contributed by atoms with Gasteiger partial charge in [-0.15, -0.1) is 0 Å². The quantitative estimate of drug-likeness (QED) is 0.471. The van der Waals surface area contributed by atoms with Gasteiger partial charge >= 0.3 is 0 Å². The van der Waals surface area contributed by atoms with Gasteiger partial charge in [0.15, 0.2) is 11.5 Å². The summed E-state index contributed by atoms with van der Waals surface area (Å²) in [5.41, 5.74) is 1.08. The van der Waals surface area contributed by atoms with Crippen molar-refractivity contribution in [2.75, 3.05) is 19.6 Å². The zero-order chi connectivity index (χ0) is 15.5. The van der Waals surface area contributed by atoms with Gasteiger partial charge in [-0.25, -0.2) is 0 Å². The molecule has 0 fully saturated rings. The first-order valence-electron chi connectivity index (χ1n) is 8.40. The highest BCUT2D eigenvalue weighted by molar-refractivity contribution is 5.40. The van der Waals surface area contributed by atoms with Crippen LogP contribution in [0.4, 0.5) is 0 Å². The highest BCUT2D eigenvalue weighted by Gasteiger charge is 2.06. The fourth-order valence-corrected chi connectivity index (χ4v) is 2.52. The van der Waals surface area contributed by atoms with Crippen molar-refractivity contribution in [2.24, 2.45) is 0 Å². The molecule has 1 rings (SSSR count). The van der Waals surface area contributed by atoms with E-state index < -0.39 is 0 Å². The van der Waals surface area contributed by atoms with E-state index in [-0.39, 0.29) is 11.5 Å². The van der Waals surface area contributed by atoms with E-state index in [4.69, 9.17) is 0 Å². The number of phenols is 2. The Morgan fingerprint density at radius 2 is 1.43 bits per heavy atom. The van der Waals surface area contributed by atoms with E-state index in [1.807, 2.05) is 6.07 Å². The lowest BCUT2D eigenvalue weighted by molar-refractivity contribution is 0.265. The minimum absolute atomic E-state index is 0.0176. The van der Waals surface area contributed by atoms with E-state index in [1.54, 1.807) is 12.1 Å². The summed E-state index contributed by atoms with van der Waals surface area (Å²) in [6, 6.07) is 5.14. The van der Waals surface area contributed by atoms with Crippen molar-refractivity contribution in [3.05, 3.63) is 23.8 Å². The number of rotatable bonds is 11. The maximum Gasteiger partial charge on any atom is 0.157 e. The number of nitrogens with zero attached hydrogens (tertiary/aromatic N) is 1. The Kier molecular flexibility index (Phi) is 8.91. The normalized spacial score (nSPS) is 11.2. The maximum absolute atomic E-state index is 9.55. The molecule has 0 saturated carbocycles. The number of phenolic OH excluding ortho intramolecular Hbond substituents is 2. The molecule has 2 N–H and O–H groups in total. The summed E-state index contributed by atoms with van der Waals surface area (Å²) in [6.45, 7) is 7.84. The van der Waals surface area contributed by atoms with E-state index in [2.05, 4.69) is 18.7 Å².